The standard InChI is InChI=1S/C21H26N2OS2/c1-22-13-6-5-7-15(22)12-14-23-16-8-3-4-9-17(16)26-18-10-11-19(25-2)21(24)20(18)23/h3-4,8-11,15,24H,5-7,12-14H2,1-2H3. The monoisotopic (exact) mass is 386 g/mol. The number of nitrogens with zero attached hydrogens (tertiary/aromatic N) is 2. The minimum Gasteiger partial charge on any atom is -0.505 e. The van der Waals surface area contributed by atoms with Crippen LogP contribution in [0.5, 0.6) is 5.75 Å². The smallest absolute Gasteiger partial charge is 0.153 e. The van der Waals surface area contributed by atoms with Gasteiger partial charge in [0, 0.05) is 22.4 Å². The molecule has 3 nitrogen and oxygen atoms in total. The summed E-state index contributed by atoms with van der Waals surface area (Å²) >= 11 is 3.36. The van der Waals surface area contributed by atoms with Gasteiger partial charge in [0.15, 0.2) is 5.75 Å². The van der Waals surface area contributed by atoms with Gasteiger partial charge in [-0.1, -0.05) is 30.3 Å². The number of aromatic hydroxyl groups is 1. The van der Waals surface area contributed by atoms with Gasteiger partial charge in [0.1, 0.15) is 0 Å². The highest BCUT2D eigenvalue weighted by Crippen LogP contribution is 2.53. The average Bonchev–Trinajstić information content (AvgIpc) is 2.67. The van der Waals surface area contributed by atoms with E-state index in [0.717, 1.165) is 28.4 Å². The predicted molar refractivity (Wildman–Crippen MR) is 112 cm³/mol. The summed E-state index contributed by atoms with van der Waals surface area (Å²) in [5.41, 5.74) is 2.20. The number of hydrogen-bond acceptors (Lipinski definition) is 5. The minimum atomic E-state index is 0.425. The molecular formula is C21H26N2OS2. The van der Waals surface area contributed by atoms with Gasteiger partial charge in [-0.25, -0.2) is 0 Å². The first-order valence-electron chi connectivity index (χ1n) is 9.33. The number of phenols is 1. The number of anilines is 2. The zero-order valence-electron chi connectivity index (χ0n) is 15.4. The lowest BCUT2D eigenvalue weighted by atomic mass is 9.99. The Bertz CT molecular complexity index is 796. The van der Waals surface area contributed by atoms with Crippen LogP contribution >= 0.6 is 23.5 Å². The van der Waals surface area contributed by atoms with Gasteiger partial charge in [-0.3, -0.25) is 0 Å². The van der Waals surface area contributed by atoms with E-state index in [4.69, 9.17) is 0 Å². The van der Waals surface area contributed by atoms with E-state index in [2.05, 4.69) is 47.2 Å². The van der Waals surface area contributed by atoms with Gasteiger partial charge < -0.3 is 14.9 Å². The van der Waals surface area contributed by atoms with Crippen LogP contribution in [-0.4, -0.2) is 42.4 Å². The Kier molecular flexibility index (Phi) is 5.39. The molecule has 0 spiro atoms. The molecule has 2 aliphatic heterocycles. The number of benzene rings is 2. The lowest BCUT2D eigenvalue weighted by Gasteiger charge is -2.37. The van der Waals surface area contributed by atoms with E-state index < -0.39 is 0 Å². The maximum atomic E-state index is 10.9. The zero-order chi connectivity index (χ0) is 18.1. The molecule has 1 saturated heterocycles. The summed E-state index contributed by atoms with van der Waals surface area (Å²) in [7, 11) is 2.25. The van der Waals surface area contributed by atoms with Crippen molar-refractivity contribution >= 4 is 34.9 Å². The Balaban J connectivity index is 1.68. The molecule has 2 aromatic rings. The Hall–Kier alpha value is -1.30. The first-order valence-corrected chi connectivity index (χ1v) is 11.4. The fourth-order valence-electron chi connectivity index (χ4n) is 4.08. The van der Waals surface area contributed by atoms with Crippen molar-refractivity contribution in [3.8, 4) is 5.75 Å². The molecule has 0 bridgehead atoms. The molecule has 2 aromatic carbocycles. The van der Waals surface area contributed by atoms with E-state index in [-0.39, 0.29) is 0 Å². The lowest BCUT2D eigenvalue weighted by Crippen LogP contribution is -2.38. The van der Waals surface area contributed by atoms with E-state index in [1.165, 1.54) is 36.4 Å². The van der Waals surface area contributed by atoms with Gasteiger partial charge in [-0.05, 0) is 63.4 Å². The summed E-state index contributed by atoms with van der Waals surface area (Å²) in [6, 6.07) is 13.4. The van der Waals surface area contributed by atoms with Crippen LogP contribution in [-0.2, 0) is 0 Å². The number of rotatable bonds is 4. The molecule has 0 saturated carbocycles. The molecule has 2 aliphatic rings. The van der Waals surface area contributed by atoms with Crippen molar-refractivity contribution in [2.75, 3.05) is 31.3 Å². The molecule has 5 heteroatoms. The second-order valence-electron chi connectivity index (χ2n) is 7.10. The van der Waals surface area contributed by atoms with Crippen LogP contribution in [0.4, 0.5) is 11.4 Å². The van der Waals surface area contributed by atoms with Crippen molar-refractivity contribution in [3.05, 3.63) is 36.4 Å². The molecule has 138 valence electrons. The Morgan fingerprint density at radius 3 is 2.81 bits per heavy atom. The SMILES string of the molecule is CSc1ccc2c(c1O)N(CCC1CCCCN1C)c1ccccc1S2. The fraction of sp³-hybridized carbons (Fsp3) is 0.429. The van der Waals surface area contributed by atoms with Crippen molar-refractivity contribution in [2.45, 2.75) is 46.4 Å². The van der Waals surface area contributed by atoms with E-state index in [9.17, 15) is 5.11 Å². The summed E-state index contributed by atoms with van der Waals surface area (Å²) in [5.74, 6) is 0.425. The molecule has 1 fully saturated rings. The van der Waals surface area contributed by atoms with Crippen molar-refractivity contribution in [1.82, 2.24) is 4.90 Å². The summed E-state index contributed by atoms with van der Waals surface area (Å²) in [5, 5.41) is 10.9. The van der Waals surface area contributed by atoms with Gasteiger partial charge in [-0.15, -0.1) is 11.8 Å². The predicted octanol–water partition coefficient (Wildman–Crippen LogP) is 5.59. The van der Waals surface area contributed by atoms with Crippen LogP contribution in [0, 0.1) is 0 Å². The number of piperidine rings is 1. The van der Waals surface area contributed by atoms with Crippen LogP contribution in [0.1, 0.15) is 25.7 Å². The summed E-state index contributed by atoms with van der Waals surface area (Å²) < 4.78 is 0. The normalized spacial score (nSPS) is 19.9. The Labute approximate surface area is 164 Å². The topological polar surface area (TPSA) is 26.7 Å². The highest BCUT2D eigenvalue weighted by Gasteiger charge is 2.28. The molecule has 0 radical (unpaired) electrons. The fourth-order valence-corrected chi connectivity index (χ4v) is 5.68. The number of phenolic OH excluding ortho intramolecular Hbond substituents is 1. The zero-order valence-corrected chi connectivity index (χ0v) is 17.1. The number of thioether (sulfide) groups is 1. The lowest BCUT2D eigenvalue weighted by molar-refractivity contribution is 0.178. The molecule has 0 aromatic heterocycles. The molecule has 26 heavy (non-hydrogen) atoms. The van der Waals surface area contributed by atoms with E-state index in [0.29, 0.717) is 11.8 Å². The van der Waals surface area contributed by atoms with Crippen molar-refractivity contribution in [2.24, 2.45) is 0 Å². The summed E-state index contributed by atoms with van der Waals surface area (Å²) in [6.07, 6.45) is 7.08. The second kappa shape index (κ2) is 7.75. The van der Waals surface area contributed by atoms with Crippen LogP contribution < -0.4 is 4.90 Å². The van der Waals surface area contributed by atoms with Crippen LogP contribution in [0.3, 0.4) is 0 Å². The number of fused-ring (bicyclic) bond motifs is 2. The third-order valence-electron chi connectivity index (χ3n) is 5.55. The molecule has 1 atom stereocenters. The third kappa shape index (κ3) is 3.32. The summed E-state index contributed by atoms with van der Waals surface area (Å²) in [4.78, 5) is 8.22. The largest absolute Gasteiger partial charge is 0.505 e. The maximum Gasteiger partial charge on any atom is 0.153 e. The second-order valence-corrected chi connectivity index (χ2v) is 9.04. The quantitative estimate of drug-likeness (QED) is 0.691. The molecule has 2 heterocycles. The molecule has 0 amide bonds. The van der Waals surface area contributed by atoms with Crippen molar-refractivity contribution < 1.29 is 5.11 Å². The van der Waals surface area contributed by atoms with Crippen LogP contribution in [0.2, 0.25) is 0 Å². The summed E-state index contributed by atoms with van der Waals surface area (Å²) in [6.45, 7) is 2.14. The molecule has 4 rings (SSSR count). The van der Waals surface area contributed by atoms with Gasteiger partial charge in [0.05, 0.1) is 16.3 Å². The highest BCUT2D eigenvalue weighted by atomic mass is 32.2. The van der Waals surface area contributed by atoms with Crippen LogP contribution in [0.15, 0.2) is 51.1 Å². The van der Waals surface area contributed by atoms with E-state index >= 15 is 0 Å². The third-order valence-corrected chi connectivity index (χ3v) is 7.43. The molecule has 0 aliphatic carbocycles. The van der Waals surface area contributed by atoms with E-state index in [1.54, 1.807) is 23.5 Å². The van der Waals surface area contributed by atoms with Crippen molar-refractivity contribution in [1.29, 1.82) is 0 Å². The Morgan fingerprint density at radius 2 is 2.00 bits per heavy atom. The Morgan fingerprint density at radius 1 is 1.15 bits per heavy atom. The number of likely N-dealkylation sites (tertiary alicyclic amines) is 1. The molecule has 1 N–H and O–H groups in total. The van der Waals surface area contributed by atoms with E-state index in [1.807, 2.05) is 12.3 Å². The average molecular weight is 387 g/mol. The van der Waals surface area contributed by atoms with Gasteiger partial charge in [-0.2, -0.15) is 0 Å². The highest BCUT2D eigenvalue weighted by molar-refractivity contribution is 8.00. The minimum absolute atomic E-state index is 0.425. The van der Waals surface area contributed by atoms with Gasteiger partial charge in [0.2, 0.25) is 0 Å². The van der Waals surface area contributed by atoms with Gasteiger partial charge in [0.25, 0.3) is 0 Å². The van der Waals surface area contributed by atoms with Crippen LogP contribution in [0.25, 0.3) is 0 Å². The van der Waals surface area contributed by atoms with Crippen molar-refractivity contribution in [3.63, 3.8) is 0 Å². The first kappa shape index (κ1) is 18.1. The maximum absolute atomic E-state index is 10.9. The first-order chi connectivity index (χ1) is 12.7. The molecule has 1 unspecified atom stereocenters. The van der Waals surface area contributed by atoms with Gasteiger partial charge >= 0.3 is 0 Å². The number of hydrogen-bond donors (Lipinski definition) is 1. The molecular weight excluding hydrogens is 360 g/mol. The number of para-hydroxylation sites is 1.